The van der Waals surface area contributed by atoms with Crippen molar-refractivity contribution < 1.29 is 14.4 Å². The maximum absolute atomic E-state index is 12.2. The van der Waals surface area contributed by atoms with E-state index in [1.54, 1.807) is 6.07 Å². The van der Waals surface area contributed by atoms with Gasteiger partial charge in [-0.05, 0) is 35.7 Å². The molecule has 6 nitrogen and oxygen atoms in total. The normalized spacial score (nSPS) is 13.8. The fourth-order valence-electron chi connectivity index (χ4n) is 3.09. The third-order valence-corrected chi connectivity index (χ3v) is 4.52. The Bertz CT molecular complexity index is 819. The number of benzene rings is 2. The molecule has 136 valence electrons. The Balaban J connectivity index is 1.39. The highest BCUT2D eigenvalue weighted by molar-refractivity contribution is 5.99. The summed E-state index contributed by atoms with van der Waals surface area (Å²) < 4.78 is 0. The Hall–Kier alpha value is -2.89. The Morgan fingerprint density at radius 3 is 2.62 bits per heavy atom. The minimum absolute atomic E-state index is 0.0612. The predicted octanol–water partition coefficient (Wildman–Crippen LogP) is 1.70. The second-order valence-electron chi connectivity index (χ2n) is 6.43. The zero-order chi connectivity index (χ0) is 18.4. The van der Waals surface area contributed by atoms with Crippen LogP contribution in [0.4, 0.5) is 0 Å². The van der Waals surface area contributed by atoms with E-state index >= 15 is 0 Å². The van der Waals surface area contributed by atoms with Gasteiger partial charge in [-0.15, -0.1) is 0 Å². The summed E-state index contributed by atoms with van der Waals surface area (Å²) in [7, 11) is 0. The van der Waals surface area contributed by atoms with E-state index in [2.05, 4.69) is 10.6 Å². The van der Waals surface area contributed by atoms with Gasteiger partial charge in [0.25, 0.3) is 5.91 Å². The molecule has 0 spiro atoms. The van der Waals surface area contributed by atoms with E-state index in [1.807, 2.05) is 41.3 Å². The maximum atomic E-state index is 12.2. The predicted molar refractivity (Wildman–Crippen MR) is 99.7 cm³/mol. The van der Waals surface area contributed by atoms with Crippen LogP contribution in [0.25, 0.3) is 10.8 Å². The van der Waals surface area contributed by atoms with Crippen molar-refractivity contribution in [2.75, 3.05) is 26.2 Å². The van der Waals surface area contributed by atoms with E-state index < -0.39 is 0 Å². The molecule has 0 aliphatic carbocycles. The molecule has 1 saturated heterocycles. The van der Waals surface area contributed by atoms with Crippen LogP contribution in [0.2, 0.25) is 0 Å². The number of hydrogen-bond donors (Lipinski definition) is 2. The molecule has 0 unspecified atom stereocenters. The summed E-state index contributed by atoms with van der Waals surface area (Å²) in [5.74, 6) is -0.306. The first-order valence-electron chi connectivity index (χ1n) is 8.95. The smallest absolute Gasteiger partial charge is 0.251 e. The monoisotopic (exact) mass is 353 g/mol. The third kappa shape index (κ3) is 4.59. The van der Waals surface area contributed by atoms with E-state index in [4.69, 9.17) is 0 Å². The number of likely N-dealkylation sites (tertiary alicyclic amines) is 1. The molecule has 0 radical (unpaired) electrons. The lowest BCUT2D eigenvalue weighted by atomic mass is 10.1. The minimum atomic E-state index is -0.270. The summed E-state index contributed by atoms with van der Waals surface area (Å²) in [5, 5.41) is 7.46. The first kappa shape index (κ1) is 17.9. The van der Waals surface area contributed by atoms with Gasteiger partial charge in [0, 0.05) is 31.6 Å². The van der Waals surface area contributed by atoms with Crippen LogP contribution < -0.4 is 10.6 Å². The molecular weight excluding hydrogens is 330 g/mol. The van der Waals surface area contributed by atoms with E-state index in [1.165, 1.54) is 0 Å². The average molecular weight is 353 g/mol. The van der Waals surface area contributed by atoms with Crippen LogP contribution >= 0.6 is 0 Å². The molecule has 3 amide bonds. The summed E-state index contributed by atoms with van der Waals surface area (Å²) in [4.78, 5) is 37.4. The lowest BCUT2D eigenvalue weighted by Gasteiger charge is -2.15. The third-order valence-electron chi connectivity index (χ3n) is 4.52. The summed E-state index contributed by atoms with van der Waals surface area (Å²) in [5.41, 5.74) is 0.532. The Morgan fingerprint density at radius 2 is 1.85 bits per heavy atom. The summed E-state index contributed by atoms with van der Waals surface area (Å²) in [6.45, 7) is 1.92. The quantitative estimate of drug-likeness (QED) is 0.744. The molecule has 2 aromatic carbocycles. The molecule has 1 fully saturated rings. The molecule has 1 heterocycles. The minimum Gasteiger partial charge on any atom is -0.355 e. The number of rotatable bonds is 7. The molecule has 3 rings (SSSR count). The van der Waals surface area contributed by atoms with Crippen molar-refractivity contribution in [1.82, 2.24) is 15.5 Å². The summed E-state index contributed by atoms with van der Waals surface area (Å²) in [6.07, 6.45) is 2.27. The number of nitrogens with one attached hydrogen (secondary N) is 2. The SMILES string of the molecule is O=C(CNC(=O)c1ccc2ccccc2c1)NCCCN1CCCC1=O. The Labute approximate surface area is 152 Å². The van der Waals surface area contributed by atoms with Gasteiger partial charge in [0.1, 0.15) is 0 Å². The second-order valence-corrected chi connectivity index (χ2v) is 6.43. The fourth-order valence-corrected chi connectivity index (χ4v) is 3.09. The van der Waals surface area contributed by atoms with Crippen molar-refractivity contribution in [3.8, 4) is 0 Å². The van der Waals surface area contributed by atoms with Crippen LogP contribution in [0.1, 0.15) is 29.6 Å². The second kappa shape index (κ2) is 8.47. The highest BCUT2D eigenvalue weighted by Crippen LogP contribution is 2.15. The van der Waals surface area contributed by atoms with Gasteiger partial charge in [-0.2, -0.15) is 0 Å². The summed E-state index contributed by atoms with van der Waals surface area (Å²) >= 11 is 0. The maximum Gasteiger partial charge on any atom is 0.251 e. The molecule has 6 heteroatoms. The molecule has 0 atom stereocenters. The zero-order valence-electron chi connectivity index (χ0n) is 14.7. The topological polar surface area (TPSA) is 78.5 Å². The molecule has 0 saturated carbocycles. The molecule has 1 aliphatic rings. The average Bonchev–Trinajstić information content (AvgIpc) is 3.07. The molecule has 26 heavy (non-hydrogen) atoms. The van der Waals surface area contributed by atoms with Gasteiger partial charge in [-0.3, -0.25) is 14.4 Å². The van der Waals surface area contributed by atoms with Crippen molar-refractivity contribution in [1.29, 1.82) is 0 Å². The van der Waals surface area contributed by atoms with Crippen LogP contribution in [0.15, 0.2) is 42.5 Å². The largest absolute Gasteiger partial charge is 0.355 e. The van der Waals surface area contributed by atoms with E-state index in [-0.39, 0.29) is 24.3 Å². The lowest BCUT2D eigenvalue weighted by molar-refractivity contribution is -0.127. The number of fused-ring (bicyclic) bond motifs is 1. The van der Waals surface area contributed by atoms with Crippen LogP contribution in [0.3, 0.4) is 0 Å². The van der Waals surface area contributed by atoms with Gasteiger partial charge in [0.05, 0.1) is 6.54 Å². The number of carbonyl (C=O) groups is 3. The highest BCUT2D eigenvalue weighted by Gasteiger charge is 2.19. The molecule has 0 aromatic heterocycles. The van der Waals surface area contributed by atoms with Gasteiger partial charge >= 0.3 is 0 Å². The molecule has 2 N–H and O–H groups in total. The first-order valence-corrected chi connectivity index (χ1v) is 8.95. The Morgan fingerprint density at radius 1 is 1.04 bits per heavy atom. The van der Waals surface area contributed by atoms with Crippen LogP contribution in [0.5, 0.6) is 0 Å². The van der Waals surface area contributed by atoms with Gasteiger partial charge in [0.2, 0.25) is 11.8 Å². The van der Waals surface area contributed by atoms with E-state index in [9.17, 15) is 14.4 Å². The standard InChI is InChI=1S/C20H23N3O3/c24-18(21-10-4-12-23-11-3-7-19(23)25)14-22-20(26)17-9-8-15-5-1-2-6-16(15)13-17/h1-2,5-6,8-9,13H,3-4,7,10-12,14H2,(H,21,24)(H,22,26). The highest BCUT2D eigenvalue weighted by atomic mass is 16.2. The Kier molecular flexibility index (Phi) is 5.84. The van der Waals surface area contributed by atoms with Crippen molar-refractivity contribution in [2.24, 2.45) is 0 Å². The van der Waals surface area contributed by atoms with Gasteiger partial charge < -0.3 is 15.5 Å². The van der Waals surface area contributed by atoms with Crippen molar-refractivity contribution in [3.63, 3.8) is 0 Å². The van der Waals surface area contributed by atoms with Crippen molar-refractivity contribution in [3.05, 3.63) is 48.0 Å². The van der Waals surface area contributed by atoms with Gasteiger partial charge in [-0.25, -0.2) is 0 Å². The van der Waals surface area contributed by atoms with Crippen molar-refractivity contribution >= 4 is 28.5 Å². The van der Waals surface area contributed by atoms with Gasteiger partial charge in [-0.1, -0.05) is 30.3 Å². The fraction of sp³-hybridized carbons (Fsp3) is 0.350. The zero-order valence-corrected chi connectivity index (χ0v) is 14.7. The molecule has 0 bridgehead atoms. The number of hydrogen-bond acceptors (Lipinski definition) is 3. The summed E-state index contributed by atoms with van der Waals surface area (Å²) in [6, 6.07) is 13.3. The van der Waals surface area contributed by atoms with Crippen LogP contribution in [0, 0.1) is 0 Å². The van der Waals surface area contributed by atoms with Crippen LogP contribution in [-0.4, -0.2) is 48.8 Å². The number of nitrogens with zero attached hydrogens (tertiary/aromatic N) is 1. The van der Waals surface area contributed by atoms with Crippen LogP contribution in [-0.2, 0) is 9.59 Å². The first-order chi connectivity index (χ1) is 12.6. The van der Waals surface area contributed by atoms with E-state index in [0.29, 0.717) is 25.1 Å². The van der Waals surface area contributed by atoms with E-state index in [0.717, 1.165) is 30.2 Å². The van der Waals surface area contributed by atoms with Crippen molar-refractivity contribution in [2.45, 2.75) is 19.3 Å². The molecule has 2 aromatic rings. The molecule has 1 aliphatic heterocycles. The number of amides is 3. The number of carbonyl (C=O) groups excluding carboxylic acids is 3. The van der Waals surface area contributed by atoms with Gasteiger partial charge in [0.15, 0.2) is 0 Å². The lowest BCUT2D eigenvalue weighted by Crippen LogP contribution is -2.38. The molecular formula is C20H23N3O3.